The molecule has 9 heteroatoms. The van der Waals surface area contributed by atoms with Crippen LogP contribution < -0.4 is 5.73 Å². The SMILES string of the molecule is NC(=O)c1n[nH]nc1-n1nnc2cc(Cl)ccc21. The van der Waals surface area contributed by atoms with Crippen LogP contribution in [0.25, 0.3) is 16.9 Å². The van der Waals surface area contributed by atoms with Crippen molar-refractivity contribution in [2.45, 2.75) is 0 Å². The fraction of sp³-hybridized carbons (Fsp3) is 0. The van der Waals surface area contributed by atoms with E-state index in [4.69, 9.17) is 17.3 Å². The first-order valence-electron chi connectivity index (χ1n) is 4.89. The molecular weight excluding hydrogens is 258 g/mol. The summed E-state index contributed by atoms with van der Waals surface area (Å²) >= 11 is 5.85. The van der Waals surface area contributed by atoms with E-state index in [2.05, 4.69) is 25.7 Å². The molecule has 8 nitrogen and oxygen atoms in total. The molecule has 0 aliphatic rings. The molecule has 0 aliphatic heterocycles. The zero-order valence-electron chi connectivity index (χ0n) is 8.83. The van der Waals surface area contributed by atoms with Crippen molar-refractivity contribution in [3.8, 4) is 5.82 Å². The van der Waals surface area contributed by atoms with Gasteiger partial charge in [-0.15, -0.1) is 15.3 Å². The van der Waals surface area contributed by atoms with Gasteiger partial charge in [0.2, 0.25) is 5.82 Å². The maximum Gasteiger partial charge on any atom is 0.273 e. The number of carbonyl (C=O) groups excluding carboxylic acids is 1. The van der Waals surface area contributed by atoms with E-state index in [1.807, 2.05) is 0 Å². The number of halogens is 1. The highest BCUT2D eigenvalue weighted by atomic mass is 35.5. The molecule has 1 aromatic carbocycles. The number of rotatable bonds is 2. The van der Waals surface area contributed by atoms with Gasteiger partial charge in [0.05, 0.1) is 5.52 Å². The Labute approximate surface area is 105 Å². The number of primary amides is 1. The third-order valence-electron chi connectivity index (χ3n) is 2.37. The van der Waals surface area contributed by atoms with Gasteiger partial charge in [0.15, 0.2) is 5.69 Å². The normalized spacial score (nSPS) is 10.9. The molecule has 2 heterocycles. The molecule has 0 atom stereocenters. The van der Waals surface area contributed by atoms with Crippen LogP contribution in [0.3, 0.4) is 0 Å². The summed E-state index contributed by atoms with van der Waals surface area (Å²) in [7, 11) is 0. The third kappa shape index (κ3) is 1.51. The first kappa shape index (κ1) is 10.7. The van der Waals surface area contributed by atoms with E-state index < -0.39 is 5.91 Å². The number of nitrogens with two attached hydrogens (primary N) is 1. The molecule has 90 valence electrons. The van der Waals surface area contributed by atoms with Crippen molar-refractivity contribution in [3.05, 3.63) is 28.9 Å². The van der Waals surface area contributed by atoms with Crippen LogP contribution in [-0.4, -0.2) is 36.3 Å². The third-order valence-corrected chi connectivity index (χ3v) is 2.61. The van der Waals surface area contributed by atoms with Gasteiger partial charge in [-0.2, -0.15) is 9.90 Å². The number of aromatic amines is 1. The fourth-order valence-corrected chi connectivity index (χ4v) is 1.76. The fourth-order valence-electron chi connectivity index (χ4n) is 1.59. The number of nitrogens with one attached hydrogen (secondary N) is 1. The Hall–Kier alpha value is -2.48. The van der Waals surface area contributed by atoms with Crippen LogP contribution in [0.15, 0.2) is 18.2 Å². The van der Waals surface area contributed by atoms with Crippen LogP contribution in [0.2, 0.25) is 5.02 Å². The van der Waals surface area contributed by atoms with E-state index in [1.165, 1.54) is 4.68 Å². The molecule has 2 aromatic heterocycles. The van der Waals surface area contributed by atoms with Crippen molar-refractivity contribution in [1.29, 1.82) is 0 Å². The molecule has 0 unspecified atom stereocenters. The second-order valence-corrected chi connectivity index (χ2v) is 3.93. The van der Waals surface area contributed by atoms with Crippen LogP contribution in [0.4, 0.5) is 0 Å². The van der Waals surface area contributed by atoms with Gasteiger partial charge in [-0.3, -0.25) is 4.79 Å². The predicted octanol–water partition coefficient (Wildman–Crippen LogP) is 0.291. The molecule has 3 aromatic rings. The zero-order chi connectivity index (χ0) is 12.7. The van der Waals surface area contributed by atoms with Crippen molar-refractivity contribution < 1.29 is 4.79 Å². The van der Waals surface area contributed by atoms with Crippen LogP contribution in [-0.2, 0) is 0 Å². The lowest BCUT2D eigenvalue weighted by atomic mass is 10.3. The summed E-state index contributed by atoms with van der Waals surface area (Å²) in [6, 6.07) is 5.06. The van der Waals surface area contributed by atoms with E-state index in [9.17, 15) is 4.79 Å². The highest BCUT2D eigenvalue weighted by molar-refractivity contribution is 6.31. The lowest BCUT2D eigenvalue weighted by Crippen LogP contribution is -2.15. The van der Waals surface area contributed by atoms with Crippen molar-refractivity contribution in [1.82, 2.24) is 30.4 Å². The topological polar surface area (TPSA) is 115 Å². The van der Waals surface area contributed by atoms with Gasteiger partial charge in [0.25, 0.3) is 5.91 Å². The highest BCUT2D eigenvalue weighted by Crippen LogP contribution is 2.19. The molecule has 0 saturated carbocycles. The van der Waals surface area contributed by atoms with Gasteiger partial charge in [-0.25, -0.2) is 0 Å². The smallest absolute Gasteiger partial charge is 0.273 e. The van der Waals surface area contributed by atoms with E-state index in [1.54, 1.807) is 18.2 Å². The lowest BCUT2D eigenvalue weighted by molar-refractivity contribution is 0.0995. The molecule has 18 heavy (non-hydrogen) atoms. The second-order valence-electron chi connectivity index (χ2n) is 3.49. The molecule has 0 fully saturated rings. The van der Waals surface area contributed by atoms with Crippen LogP contribution in [0.5, 0.6) is 0 Å². The van der Waals surface area contributed by atoms with E-state index >= 15 is 0 Å². The van der Waals surface area contributed by atoms with Crippen molar-refractivity contribution in [2.75, 3.05) is 0 Å². The predicted molar refractivity (Wildman–Crippen MR) is 62.3 cm³/mol. The average Bonchev–Trinajstić information content (AvgIpc) is 2.92. The first-order valence-corrected chi connectivity index (χ1v) is 5.26. The Bertz CT molecular complexity index is 746. The van der Waals surface area contributed by atoms with Crippen molar-refractivity contribution in [2.24, 2.45) is 5.73 Å². The number of carbonyl (C=O) groups is 1. The van der Waals surface area contributed by atoms with Crippen LogP contribution in [0.1, 0.15) is 10.5 Å². The van der Waals surface area contributed by atoms with Crippen LogP contribution >= 0.6 is 11.6 Å². The molecule has 0 saturated heterocycles. The minimum Gasteiger partial charge on any atom is -0.364 e. The van der Waals surface area contributed by atoms with Crippen molar-refractivity contribution in [3.63, 3.8) is 0 Å². The number of H-pyrrole nitrogens is 1. The average molecular weight is 264 g/mol. The summed E-state index contributed by atoms with van der Waals surface area (Å²) in [5.41, 5.74) is 6.42. The molecule has 3 rings (SSSR count). The Morgan fingerprint density at radius 3 is 3.00 bits per heavy atom. The molecular formula is C9H6ClN7O. The number of benzene rings is 1. The first-order chi connectivity index (χ1) is 8.66. The molecule has 1 amide bonds. The summed E-state index contributed by atoms with van der Waals surface area (Å²) in [5, 5.41) is 18.2. The maximum absolute atomic E-state index is 11.2. The highest BCUT2D eigenvalue weighted by Gasteiger charge is 2.18. The summed E-state index contributed by atoms with van der Waals surface area (Å²) in [6.07, 6.45) is 0. The minimum atomic E-state index is -0.698. The maximum atomic E-state index is 11.2. The van der Waals surface area contributed by atoms with Gasteiger partial charge in [-0.05, 0) is 18.2 Å². The van der Waals surface area contributed by atoms with Crippen LogP contribution in [0, 0.1) is 0 Å². The largest absolute Gasteiger partial charge is 0.364 e. The quantitative estimate of drug-likeness (QED) is 0.689. The Balaban J connectivity index is 2.26. The molecule has 0 spiro atoms. The Morgan fingerprint density at radius 2 is 2.22 bits per heavy atom. The molecule has 3 N–H and O–H groups in total. The number of nitrogens with zero attached hydrogens (tertiary/aromatic N) is 5. The van der Waals surface area contributed by atoms with Gasteiger partial charge in [0.1, 0.15) is 5.52 Å². The molecule has 0 aliphatic carbocycles. The second kappa shape index (κ2) is 3.77. The standard InChI is InChI=1S/C9H6ClN7O/c10-4-1-2-6-5(3-4)12-16-17(6)9-7(8(11)18)13-15-14-9/h1-3H,(H2,11,18)(H,13,14,15). The van der Waals surface area contributed by atoms with Gasteiger partial charge < -0.3 is 5.73 Å². The van der Waals surface area contributed by atoms with Gasteiger partial charge in [-0.1, -0.05) is 16.8 Å². The summed E-state index contributed by atoms with van der Waals surface area (Å²) in [6.45, 7) is 0. The van der Waals surface area contributed by atoms with Gasteiger partial charge in [0, 0.05) is 5.02 Å². The van der Waals surface area contributed by atoms with E-state index in [0.717, 1.165) is 0 Å². The number of aromatic nitrogens is 6. The Morgan fingerprint density at radius 1 is 1.39 bits per heavy atom. The van der Waals surface area contributed by atoms with Gasteiger partial charge >= 0.3 is 0 Å². The monoisotopic (exact) mass is 263 g/mol. The number of hydrogen-bond acceptors (Lipinski definition) is 5. The van der Waals surface area contributed by atoms with E-state index in [-0.39, 0.29) is 11.5 Å². The zero-order valence-corrected chi connectivity index (χ0v) is 9.59. The summed E-state index contributed by atoms with van der Waals surface area (Å²) in [4.78, 5) is 11.2. The minimum absolute atomic E-state index is 0.00301. The molecule has 0 bridgehead atoms. The van der Waals surface area contributed by atoms with E-state index in [0.29, 0.717) is 16.1 Å². The number of amides is 1. The Kier molecular flexibility index (Phi) is 2.23. The summed E-state index contributed by atoms with van der Waals surface area (Å²) < 4.78 is 1.37. The number of hydrogen-bond donors (Lipinski definition) is 2. The lowest BCUT2D eigenvalue weighted by Gasteiger charge is -1.98. The number of fused-ring (bicyclic) bond motifs is 1. The molecule has 0 radical (unpaired) electrons. The van der Waals surface area contributed by atoms with Crippen molar-refractivity contribution >= 4 is 28.5 Å². The summed E-state index contributed by atoms with van der Waals surface area (Å²) in [5.74, 6) is -0.497.